The molecule has 4 nitrogen and oxygen atoms in total. The highest BCUT2D eigenvalue weighted by Crippen LogP contribution is 2.15. The van der Waals surface area contributed by atoms with Crippen molar-refractivity contribution in [2.75, 3.05) is 30.4 Å². The van der Waals surface area contributed by atoms with Gasteiger partial charge in [0.25, 0.3) is 0 Å². The molecular formula is C12H18N4. The highest BCUT2D eigenvalue weighted by Gasteiger charge is 2.10. The maximum Gasteiger partial charge on any atom is 0.130 e. The summed E-state index contributed by atoms with van der Waals surface area (Å²) in [6, 6.07) is 8.10. The summed E-state index contributed by atoms with van der Waals surface area (Å²) in [5.41, 5.74) is 0. The van der Waals surface area contributed by atoms with Crippen LogP contribution in [0.5, 0.6) is 0 Å². The summed E-state index contributed by atoms with van der Waals surface area (Å²) in [5, 5.41) is 11.8. The first-order valence-electron chi connectivity index (χ1n) is 5.50. The molecule has 1 atom stereocenters. The zero-order valence-electron chi connectivity index (χ0n) is 10.1. The number of nitrogens with zero attached hydrogens (tertiary/aromatic N) is 3. The van der Waals surface area contributed by atoms with Gasteiger partial charge in [0.15, 0.2) is 0 Å². The van der Waals surface area contributed by atoms with Crippen molar-refractivity contribution in [2.24, 2.45) is 5.92 Å². The van der Waals surface area contributed by atoms with Gasteiger partial charge in [0, 0.05) is 20.1 Å². The molecule has 0 fully saturated rings. The molecule has 1 unspecified atom stereocenters. The quantitative estimate of drug-likeness (QED) is 0.822. The van der Waals surface area contributed by atoms with Crippen LogP contribution in [0.3, 0.4) is 0 Å². The molecule has 0 saturated heterocycles. The van der Waals surface area contributed by atoms with Crippen molar-refractivity contribution in [3.05, 3.63) is 18.2 Å². The number of hydrogen-bond acceptors (Lipinski definition) is 4. The van der Waals surface area contributed by atoms with Gasteiger partial charge >= 0.3 is 0 Å². The third-order valence-corrected chi connectivity index (χ3v) is 2.41. The molecule has 0 bridgehead atoms. The summed E-state index contributed by atoms with van der Waals surface area (Å²) in [7, 11) is 1.85. The number of hydrogen-bond donors (Lipinski definition) is 1. The predicted molar refractivity (Wildman–Crippen MR) is 66.4 cm³/mol. The van der Waals surface area contributed by atoms with Crippen LogP contribution in [0.15, 0.2) is 18.2 Å². The SMILES string of the molecule is CCN(CC(C)C#N)c1cccc(NC)n1. The van der Waals surface area contributed by atoms with Gasteiger partial charge < -0.3 is 10.2 Å². The number of nitrogens with one attached hydrogen (secondary N) is 1. The van der Waals surface area contributed by atoms with Crippen molar-refractivity contribution in [3.63, 3.8) is 0 Å². The molecule has 0 spiro atoms. The molecule has 0 aliphatic heterocycles. The van der Waals surface area contributed by atoms with Gasteiger partial charge in [-0.3, -0.25) is 0 Å². The van der Waals surface area contributed by atoms with Crippen LogP contribution >= 0.6 is 0 Å². The van der Waals surface area contributed by atoms with Gasteiger partial charge in [0.05, 0.1) is 12.0 Å². The summed E-state index contributed by atoms with van der Waals surface area (Å²) in [6.07, 6.45) is 0. The topological polar surface area (TPSA) is 52.0 Å². The van der Waals surface area contributed by atoms with E-state index in [1.807, 2.05) is 32.2 Å². The van der Waals surface area contributed by atoms with Crippen LogP contribution in [0.4, 0.5) is 11.6 Å². The van der Waals surface area contributed by atoms with Crippen LogP contribution in [0, 0.1) is 17.2 Å². The second-order valence-electron chi connectivity index (χ2n) is 3.70. The monoisotopic (exact) mass is 218 g/mol. The molecule has 4 heteroatoms. The lowest BCUT2D eigenvalue weighted by Gasteiger charge is -2.23. The second-order valence-corrected chi connectivity index (χ2v) is 3.70. The Labute approximate surface area is 96.9 Å². The van der Waals surface area contributed by atoms with Crippen molar-refractivity contribution >= 4 is 11.6 Å². The molecule has 16 heavy (non-hydrogen) atoms. The largest absolute Gasteiger partial charge is 0.373 e. The van der Waals surface area contributed by atoms with Crippen LogP contribution in [-0.2, 0) is 0 Å². The molecule has 0 aromatic carbocycles. The summed E-state index contributed by atoms with van der Waals surface area (Å²) in [4.78, 5) is 6.56. The molecule has 1 aromatic rings. The summed E-state index contributed by atoms with van der Waals surface area (Å²) >= 11 is 0. The Hall–Kier alpha value is -1.76. The second kappa shape index (κ2) is 5.96. The van der Waals surface area contributed by atoms with E-state index in [1.54, 1.807) is 0 Å². The van der Waals surface area contributed by atoms with Crippen LogP contribution in [0.2, 0.25) is 0 Å². The average Bonchev–Trinajstić information content (AvgIpc) is 2.35. The maximum atomic E-state index is 8.82. The van der Waals surface area contributed by atoms with Gasteiger partial charge in [0.1, 0.15) is 11.6 Å². The van der Waals surface area contributed by atoms with Crippen LogP contribution in [0.25, 0.3) is 0 Å². The summed E-state index contributed by atoms with van der Waals surface area (Å²) in [6.45, 7) is 5.56. The molecule has 1 rings (SSSR count). The normalized spacial score (nSPS) is 11.6. The Morgan fingerprint density at radius 3 is 2.88 bits per heavy atom. The molecular weight excluding hydrogens is 200 g/mol. The fourth-order valence-electron chi connectivity index (χ4n) is 1.49. The lowest BCUT2D eigenvalue weighted by Crippen LogP contribution is -2.28. The summed E-state index contributed by atoms with van der Waals surface area (Å²) in [5.74, 6) is 1.78. The highest BCUT2D eigenvalue weighted by molar-refractivity contribution is 5.46. The molecule has 1 heterocycles. The number of aromatic nitrogens is 1. The first kappa shape index (κ1) is 12.3. The Morgan fingerprint density at radius 1 is 1.56 bits per heavy atom. The van der Waals surface area contributed by atoms with E-state index in [0.29, 0.717) is 6.54 Å². The molecule has 0 aliphatic rings. The molecule has 0 aliphatic carbocycles. The minimum atomic E-state index is 0.0139. The molecule has 1 aromatic heterocycles. The zero-order chi connectivity index (χ0) is 12.0. The smallest absolute Gasteiger partial charge is 0.130 e. The lowest BCUT2D eigenvalue weighted by atomic mass is 10.2. The van der Waals surface area contributed by atoms with E-state index in [9.17, 15) is 0 Å². The van der Waals surface area contributed by atoms with Gasteiger partial charge in [-0.2, -0.15) is 5.26 Å². The van der Waals surface area contributed by atoms with E-state index in [1.165, 1.54) is 0 Å². The minimum absolute atomic E-state index is 0.0139. The predicted octanol–water partition coefficient (Wildman–Crippen LogP) is 2.11. The first-order chi connectivity index (χ1) is 7.71. The van der Waals surface area contributed by atoms with Crippen molar-refractivity contribution in [1.82, 2.24) is 4.98 Å². The molecule has 86 valence electrons. The highest BCUT2D eigenvalue weighted by atomic mass is 15.2. The van der Waals surface area contributed by atoms with Gasteiger partial charge in [-0.25, -0.2) is 4.98 Å². The Kier molecular flexibility index (Phi) is 4.59. The van der Waals surface area contributed by atoms with Crippen LogP contribution in [-0.4, -0.2) is 25.1 Å². The molecule has 0 radical (unpaired) electrons. The fraction of sp³-hybridized carbons (Fsp3) is 0.500. The third-order valence-electron chi connectivity index (χ3n) is 2.41. The summed E-state index contributed by atoms with van der Waals surface area (Å²) < 4.78 is 0. The number of pyridine rings is 1. The zero-order valence-corrected chi connectivity index (χ0v) is 10.1. The van der Waals surface area contributed by atoms with Crippen molar-refractivity contribution < 1.29 is 0 Å². The van der Waals surface area contributed by atoms with Gasteiger partial charge in [0.2, 0.25) is 0 Å². The standard InChI is InChI=1S/C12H18N4/c1-4-16(9-10(2)8-13)12-7-5-6-11(14-3)15-12/h5-7,10H,4,9H2,1-3H3,(H,14,15). The minimum Gasteiger partial charge on any atom is -0.373 e. The molecule has 0 amide bonds. The van der Waals surface area contributed by atoms with E-state index in [-0.39, 0.29) is 5.92 Å². The van der Waals surface area contributed by atoms with Crippen LogP contribution in [0.1, 0.15) is 13.8 Å². The van der Waals surface area contributed by atoms with Gasteiger partial charge in [-0.05, 0) is 26.0 Å². The maximum absolute atomic E-state index is 8.82. The van der Waals surface area contributed by atoms with E-state index in [4.69, 9.17) is 5.26 Å². The van der Waals surface area contributed by atoms with E-state index in [0.717, 1.165) is 18.2 Å². The van der Waals surface area contributed by atoms with Crippen molar-refractivity contribution in [3.8, 4) is 6.07 Å². The lowest BCUT2D eigenvalue weighted by molar-refractivity contribution is 0.680. The number of nitriles is 1. The van der Waals surface area contributed by atoms with Gasteiger partial charge in [-0.15, -0.1) is 0 Å². The molecule has 1 N–H and O–H groups in total. The fourth-order valence-corrected chi connectivity index (χ4v) is 1.49. The third kappa shape index (κ3) is 3.13. The first-order valence-corrected chi connectivity index (χ1v) is 5.50. The number of anilines is 2. The Morgan fingerprint density at radius 2 is 2.31 bits per heavy atom. The van der Waals surface area contributed by atoms with E-state index in [2.05, 4.69) is 28.2 Å². The van der Waals surface area contributed by atoms with E-state index >= 15 is 0 Å². The van der Waals surface area contributed by atoms with Crippen molar-refractivity contribution in [1.29, 1.82) is 5.26 Å². The Balaban J connectivity index is 2.82. The molecule has 0 saturated carbocycles. The van der Waals surface area contributed by atoms with Crippen LogP contribution < -0.4 is 10.2 Å². The Bertz CT molecular complexity index is 370. The van der Waals surface area contributed by atoms with Gasteiger partial charge in [-0.1, -0.05) is 6.07 Å². The van der Waals surface area contributed by atoms with Crippen molar-refractivity contribution in [2.45, 2.75) is 13.8 Å². The number of rotatable bonds is 5. The van der Waals surface area contributed by atoms with E-state index < -0.39 is 0 Å². The average molecular weight is 218 g/mol.